The van der Waals surface area contributed by atoms with Crippen LogP contribution in [0.2, 0.25) is 0 Å². The summed E-state index contributed by atoms with van der Waals surface area (Å²) in [5, 5.41) is 11.5. The highest BCUT2D eigenvalue weighted by molar-refractivity contribution is 5.81. The minimum atomic E-state index is -0.412. The molecule has 104 valence electrons. The molecule has 1 N–H and O–H groups in total. The summed E-state index contributed by atoms with van der Waals surface area (Å²) in [6.45, 7) is 4.42. The fourth-order valence-electron chi connectivity index (χ4n) is 2.68. The Morgan fingerprint density at radius 3 is 2.74 bits per heavy atom. The van der Waals surface area contributed by atoms with E-state index in [0.29, 0.717) is 5.92 Å². The molecule has 0 aliphatic heterocycles. The first-order valence-electron chi connectivity index (χ1n) is 7.40. The maximum absolute atomic E-state index is 10.4. The second-order valence-corrected chi connectivity index (χ2v) is 5.36. The van der Waals surface area contributed by atoms with Gasteiger partial charge in [-0.25, -0.2) is 0 Å². The highest BCUT2D eigenvalue weighted by atomic mass is 16.3. The lowest BCUT2D eigenvalue weighted by atomic mass is 9.90. The molecule has 2 heteroatoms. The quantitative estimate of drug-likeness (QED) is 0.753. The molecule has 0 spiro atoms. The first-order chi connectivity index (χ1) is 9.26. The van der Waals surface area contributed by atoms with E-state index >= 15 is 0 Å². The molecular weight excluding hydrogens is 236 g/mol. The van der Waals surface area contributed by atoms with Crippen molar-refractivity contribution in [3.63, 3.8) is 0 Å². The summed E-state index contributed by atoms with van der Waals surface area (Å²) in [5.41, 5.74) is 1.80. The Balaban J connectivity index is 2.08. The summed E-state index contributed by atoms with van der Waals surface area (Å²) in [6.07, 6.45) is 6.94. The SMILES string of the molecule is CCCCC(CC)CC(O)c1coc2ccccc12. The molecule has 2 atom stereocenters. The molecular formula is C17H24O2. The van der Waals surface area contributed by atoms with Crippen LogP contribution in [0.4, 0.5) is 0 Å². The molecule has 2 unspecified atom stereocenters. The Bertz CT molecular complexity index is 501. The number of aliphatic hydroxyl groups is 1. The van der Waals surface area contributed by atoms with Gasteiger partial charge in [0.25, 0.3) is 0 Å². The third-order valence-corrected chi connectivity index (χ3v) is 3.97. The van der Waals surface area contributed by atoms with Crippen LogP contribution in [-0.4, -0.2) is 5.11 Å². The van der Waals surface area contributed by atoms with Gasteiger partial charge in [0.15, 0.2) is 0 Å². The zero-order valence-corrected chi connectivity index (χ0v) is 11.9. The Morgan fingerprint density at radius 2 is 2.00 bits per heavy atom. The average Bonchev–Trinajstić information content (AvgIpc) is 2.87. The molecule has 1 aromatic heterocycles. The van der Waals surface area contributed by atoms with Gasteiger partial charge in [0.1, 0.15) is 5.58 Å². The second kappa shape index (κ2) is 6.76. The van der Waals surface area contributed by atoms with Crippen molar-refractivity contribution in [3.05, 3.63) is 36.1 Å². The highest BCUT2D eigenvalue weighted by Gasteiger charge is 2.18. The lowest BCUT2D eigenvalue weighted by Gasteiger charge is -2.18. The van der Waals surface area contributed by atoms with Crippen molar-refractivity contribution in [1.29, 1.82) is 0 Å². The molecule has 0 aliphatic carbocycles. The predicted octanol–water partition coefficient (Wildman–Crippen LogP) is 5.07. The highest BCUT2D eigenvalue weighted by Crippen LogP contribution is 2.32. The maximum atomic E-state index is 10.4. The van der Waals surface area contributed by atoms with Gasteiger partial charge in [0.05, 0.1) is 12.4 Å². The van der Waals surface area contributed by atoms with Crippen molar-refractivity contribution in [3.8, 4) is 0 Å². The summed E-state index contributed by atoms with van der Waals surface area (Å²) in [5.74, 6) is 0.601. The fourth-order valence-corrected chi connectivity index (χ4v) is 2.68. The number of hydrogen-bond donors (Lipinski definition) is 1. The first kappa shape index (κ1) is 14.1. The van der Waals surface area contributed by atoms with Gasteiger partial charge in [-0.1, -0.05) is 57.7 Å². The zero-order valence-electron chi connectivity index (χ0n) is 11.9. The van der Waals surface area contributed by atoms with Crippen LogP contribution in [0.1, 0.15) is 57.6 Å². The van der Waals surface area contributed by atoms with Crippen molar-refractivity contribution < 1.29 is 9.52 Å². The third kappa shape index (κ3) is 3.38. The minimum Gasteiger partial charge on any atom is -0.464 e. The Kier molecular flexibility index (Phi) is 5.03. The summed E-state index contributed by atoms with van der Waals surface area (Å²) < 4.78 is 5.51. The van der Waals surface area contributed by atoms with E-state index in [-0.39, 0.29) is 0 Å². The van der Waals surface area contributed by atoms with Gasteiger partial charge < -0.3 is 9.52 Å². The van der Waals surface area contributed by atoms with Crippen LogP contribution in [0, 0.1) is 5.92 Å². The molecule has 0 radical (unpaired) electrons. The van der Waals surface area contributed by atoms with Crippen LogP contribution >= 0.6 is 0 Å². The van der Waals surface area contributed by atoms with E-state index in [1.807, 2.05) is 24.3 Å². The van der Waals surface area contributed by atoms with E-state index < -0.39 is 6.10 Å². The van der Waals surface area contributed by atoms with Crippen molar-refractivity contribution >= 4 is 11.0 Å². The number of furan rings is 1. The topological polar surface area (TPSA) is 33.4 Å². The molecule has 2 nitrogen and oxygen atoms in total. The summed E-state index contributed by atoms with van der Waals surface area (Å²) in [6, 6.07) is 7.91. The zero-order chi connectivity index (χ0) is 13.7. The van der Waals surface area contributed by atoms with Gasteiger partial charge in [0.2, 0.25) is 0 Å². The van der Waals surface area contributed by atoms with E-state index in [0.717, 1.165) is 29.4 Å². The van der Waals surface area contributed by atoms with Gasteiger partial charge in [-0.05, 0) is 18.4 Å². The predicted molar refractivity (Wildman–Crippen MR) is 79.1 cm³/mol. The molecule has 1 heterocycles. The van der Waals surface area contributed by atoms with Crippen molar-refractivity contribution in [2.24, 2.45) is 5.92 Å². The Hall–Kier alpha value is -1.28. The molecule has 19 heavy (non-hydrogen) atoms. The Labute approximate surface area is 115 Å². The smallest absolute Gasteiger partial charge is 0.134 e. The summed E-state index contributed by atoms with van der Waals surface area (Å²) in [7, 11) is 0. The lowest BCUT2D eigenvalue weighted by Crippen LogP contribution is -2.06. The van der Waals surface area contributed by atoms with E-state index in [1.54, 1.807) is 6.26 Å². The number of benzene rings is 1. The number of fused-ring (bicyclic) bond motifs is 1. The van der Waals surface area contributed by atoms with Crippen molar-refractivity contribution in [1.82, 2.24) is 0 Å². The van der Waals surface area contributed by atoms with Crippen LogP contribution in [0.3, 0.4) is 0 Å². The third-order valence-electron chi connectivity index (χ3n) is 3.97. The normalized spacial score (nSPS) is 14.7. The van der Waals surface area contributed by atoms with Crippen LogP contribution in [0.25, 0.3) is 11.0 Å². The number of para-hydroxylation sites is 1. The van der Waals surface area contributed by atoms with Crippen LogP contribution in [0.5, 0.6) is 0 Å². The molecule has 0 saturated carbocycles. The van der Waals surface area contributed by atoms with Crippen LogP contribution < -0.4 is 0 Å². The molecule has 0 amide bonds. The Morgan fingerprint density at radius 1 is 1.21 bits per heavy atom. The van der Waals surface area contributed by atoms with Gasteiger partial charge in [0, 0.05) is 10.9 Å². The van der Waals surface area contributed by atoms with Crippen molar-refractivity contribution in [2.45, 2.75) is 52.1 Å². The molecule has 0 fully saturated rings. The van der Waals surface area contributed by atoms with E-state index in [2.05, 4.69) is 13.8 Å². The van der Waals surface area contributed by atoms with Gasteiger partial charge in [-0.3, -0.25) is 0 Å². The number of aliphatic hydroxyl groups excluding tert-OH is 1. The molecule has 0 bridgehead atoms. The molecule has 1 aromatic carbocycles. The van der Waals surface area contributed by atoms with Gasteiger partial charge >= 0.3 is 0 Å². The van der Waals surface area contributed by atoms with Crippen molar-refractivity contribution in [2.75, 3.05) is 0 Å². The maximum Gasteiger partial charge on any atom is 0.134 e. The van der Waals surface area contributed by atoms with E-state index in [9.17, 15) is 5.11 Å². The largest absolute Gasteiger partial charge is 0.464 e. The fraction of sp³-hybridized carbons (Fsp3) is 0.529. The van der Waals surface area contributed by atoms with E-state index in [4.69, 9.17) is 4.42 Å². The monoisotopic (exact) mass is 260 g/mol. The first-order valence-corrected chi connectivity index (χ1v) is 7.40. The molecule has 0 saturated heterocycles. The number of rotatable bonds is 7. The minimum absolute atomic E-state index is 0.412. The average molecular weight is 260 g/mol. The number of unbranched alkanes of at least 4 members (excludes halogenated alkanes) is 1. The standard InChI is InChI=1S/C17H24O2/c1-3-5-8-13(4-2)11-16(18)15-12-19-17-10-7-6-9-14(15)17/h6-7,9-10,12-13,16,18H,3-5,8,11H2,1-2H3. The van der Waals surface area contributed by atoms with E-state index in [1.165, 1.54) is 19.3 Å². The van der Waals surface area contributed by atoms with Gasteiger partial charge in [-0.2, -0.15) is 0 Å². The second-order valence-electron chi connectivity index (χ2n) is 5.36. The molecule has 0 aliphatic rings. The molecule has 2 aromatic rings. The number of hydrogen-bond acceptors (Lipinski definition) is 2. The lowest BCUT2D eigenvalue weighted by molar-refractivity contribution is 0.139. The van der Waals surface area contributed by atoms with Crippen LogP contribution in [0.15, 0.2) is 34.9 Å². The van der Waals surface area contributed by atoms with Crippen LogP contribution in [-0.2, 0) is 0 Å². The summed E-state index contributed by atoms with van der Waals surface area (Å²) >= 11 is 0. The molecule has 2 rings (SSSR count). The van der Waals surface area contributed by atoms with Gasteiger partial charge in [-0.15, -0.1) is 0 Å². The summed E-state index contributed by atoms with van der Waals surface area (Å²) in [4.78, 5) is 0.